The lowest BCUT2D eigenvalue weighted by Crippen LogP contribution is -2.25. The second-order valence-corrected chi connectivity index (χ2v) is 3.03. The monoisotopic (exact) mass is 212 g/mol. The molecule has 0 atom stereocenters. The van der Waals surface area contributed by atoms with E-state index < -0.39 is 11.9 Å². The van der Waals surface area contributed by atoms with E-state index in [1.165, 1.54) is 18.3 Å². The average molecular weight is 212 g/mol. The normalized spacial score (nSPS) is 10.0. The van der Waals surface area contributed by atoms with Crippen LogP contribution in [-0.4, -0.2) is 29.1 Å². The number of unbranched alkanes of at least 4 members (excludes halogenated alkanes) is 1. The third kappa shape index (κ3) is 3.63. The maximum atomic E-state index is 13.0. The van der Waals surface area contributed by atoms with Gasteiger partial charge in [-0.15, -0.1) is 0 Å². The summed E-state index contributed by atoms with van der Waals surface area (Å²) in [6.45, 7) is 0.519. The number of pyridine rings is 1. The highest BCUT2D eigenvalue weighted by Crippen LogP contribution is 2.02. The molecule has 0 fully saturated rings. The maximum Gasteiger partial charge on any atom is 0.255 e. The van der Waals surface area contributed by atoms with Crippen molar-refractivity contribution in [2.24, 2.45) is 0 Å². The van der Waals surface area contributed by atoms with Gasteiger partial charge in [0.25, 0.3) is 5.91 Å². The largest absolute Gasteiger partial charge is 0.396 e. The number of nitrogens with one attached hydrogen (secondary N) is 1. The lowest BCUT2D eigenvalue weighted by Gasteiger charge is -2.04. The highest BCUT2D eigenvalue weighted by atomic mass is 19.1. The van der Waals surface area contributed by atoms with Gasteiger partial charge < -0.3 is 10.4 Å². The number of aliphatic hydroxyl groups excluding tert-OH is 1. The van der Waals surface area contributed by atoms with Gasteiger partial charge in [0, 0.05) is 19.3 Å². The highest BCUT2D eigenvalue weighted by Gasteiger charge is 2.10. The molecule has 0 saturated heterocycles. The number of halogens is 1. The van der Waals surface area contributed by atoms with Crippen LogP contribution in [0.4, 0.5) is 4.39 Å². The molecule has 1 aromatic rings. The molecule has 4 nitrogen and oxygen atoms in total. The van der Waals surface area contributed by atoms with Crippen molar-refractivity contribution in [3.8, 4) is 0 Å². The molecular formula is C10H13FN2O2. The van der Waals surface area contributed by atoms with Crippen LogP contribution in [0, 0.1) is 5.95 Å². The van der Waals surface area contributed by atoms with Crippen molar-refractivity contribution < 1.29 is 14.3 Å². The quantitative estimate of drug-likeness (QED) is 0.558. The molecule has 1 aromatic heterocycles. The van der Waals surface area contributed by atoms with Crippen LogP contribution in [0.3, 0.4) is 0 Å². The van der Waals surface area contributed by atoms with Crippen LogP contribution < -0.4 is 5.32 Å². The Kier molecular flexibility index (Phi) is 4.70. The molecule has 0 aliphatic rings. The van der Waals surface area contributed by atoms with E-state index in [9.17, 15) is 9.18 Å². The predicted octanol–water partition coefficient (Wildman–Crippen LogP) is 0.723. The van der Waals surface area contributed by atoms with Crippen LogP contribution >= 0.6 is 0 Å². The molecule has 0 aliphatic heterocycles. The molecule has 0 aromatic carbocycles. The zero-order valence-electron chi connectivity index (χ0n) is 8.24. The number of aliphatic hydroxyl groups is 1. The van der Waals surface area contributed by atoms with Crippen molar-refractivity contribution in [1.82, 2.24) is 10.3 Å². The molecule has 1 rings (SSSR count). The topological polar surface area (TPSA) is 62.2 Å². The maximum absolute atomic E-state index is 13.0. The average Bonchev–Trinajstić information content (AvgIpc) is 2.25. The number of nitrogens with zero attached hydrogens (tertiary/aromatic N) is 1. The van der Waals surface area contributed by atoms with Gasteiger partial charge in [-0.3, -0.25) is 4.79 Å². The summed E-state index contributed by atoms with van der Waals surface area (Å²) in [4.78, 5) is 14.8. The minimum absolute atomic E-state index is 0.0542. The lowest BCUT2D eigenvalue weighted by molar-refractivity contribution is 0.0947. The molecule has 5 heteroatoms. The van der Waals surface area contributed by atoms with Gasteiger partial charge in [-0.2, -0.15) is 4.39 Å². The number of amides is 1. The Morgan fingerprint density at radius 2 is 2.33 bits per heavy atom. The molecule has 82 valence electrons. The van der Waals surface area contributed by atoms with Crippen LogP contribution in [0.2, 0.25) is 0 Å². The summed E-state index contributed by atoms with van der Waals surface area (Å²) in [5, 5.41) is 11.1. The molecule has 0 spiro atoms. The van der Waals surface area contributed by atoms with Gasteiger partial charge in [0.1, 0.15) is 0 Å². The van der Waals surface area contributed by atoms with E-state index in [1.807, 2.05) is 0 Å². The highest BCUT2D eigenvalue weighted by molar-refractivity contribution is 5.94. The Balaban J connectivity index is 2.44. The second-order valence-electron chi connectivity index (χ2n) is 3.03. The third-order valence-electron chi connectivity index (χ3n) is 1.87. The Labute approximate surface area is 87.1 Å². The molecule has 0 unspecified atom stereocenters. The van der Waals surface area contributed by atoms with Gasteiger partial charge in [0.05, 0.1) is 5.56 Å². The first-order valence-corrected chi connectivity index (χ1v) is 4.75. The summed E-state index contributed by atoms with van der Waals surface area (Å²) in [5.74, 6) is -1.24. The molecule has 0 saturated carbocycles. The zero-order valence-corrected chi connectivity index (χ0v) is 8.24. The van der Waals surface area contributed by atoms with E-state index in [0.29, 0.717) is 19.4 Å². The van der Waals surface area contributed by atoms with E-state index in [1.54, 1.807) is 0 Å². The summed E-state index contributed by atoms with van der Waals surface area (Å²) in [6.07, 6.45) is 2.58. The van der Waals surface area contributed by atoms with Gasteiger partial charge in [-0.05, 0) is 25.0 Å². The molecular weight excluding hydrogens is 199 g/mol. The van der Waals surface area contributed by atoms with Crippen LogP contribution in [0.15, 0.2) is 18.3 Å². The van der Waals surface area contributed by atoms with E-state index in [2.05, 4.69) is 10.3 Å². The number of carbonyl (C=O) groups excluding carboxylic acids is 1. The summed E-state index contributed by atoms with van der Waals surface area (Å²) >= 11 is 0. The Morgan fingerprint density at radius 3 is 3.00 bits per heavy atom. The third-order valence-corrected chi connectivity index (χ3v) is 1.87. The number of aromatic nitrogens is 1. The minimum atomic E-state index is -0.767. The lowest BCUT2D eigenvalue weighted by atomic mass is 10.2. The van der Waals surface area contributed by atoms with Crippen LogP contribution in [0.25, 0.3) is 0 Å². The van der Waals surface area contributed by atoms with Crippen LogP contribution in [0.5, 0.6) is 0 Å². The number of rotatable bonds is 5. The molecule has 0 radical (unpaired) electrons. The first-order chi connectivity index (χ1) is 7.25. The SMILES string of the molecule is O=C(NCCCCO)c1cccnc1F. The Hall–Kier alpha value is -1.49. The summed E-state index contributed by atoms with van der Waals surface area (Å²) in [6, 6.07) is 2.88. The molecule has 2 N–H and O–H groups in total. The standard InChI is InChI=1S/C10H13FN2O2/c11-9-8(4-3-6-12-9)10(15)13-5-1-2-7-14/h3-4,6,14H,1-2,5,7H2,(H,13,15). The van der Waals surface area contributed by atoms with Gasteiger partial charge in [0.15, 0.2) is 0 Å². The number of hydrogen-bond donors (Lipinski definition) is 2. The first kappa shape index (κ1) is 11.6. The van der Waals surface area contributed by atoms with E-state index in [4.69, 9.17) is 5.11 Å². The summed E-state index contributed by atoms with van der Waals surface area (Å²) in [5.41, 5.74) is -0.0542. The zero-order chi connectivity index (χ0) is 11.1. The van der Waals surface area contributed by atoms with E-state index in [0.717, 1.165) is 0 Å². The van der Waals surface area contributed by atoms with Crippen molar-refractivity contribution in [3.63, 3.8) is 0 Å². The molecule has 1 amide bonds. The van der Waals surface area contributed by atoms with Crippen molar-refractivity contribution in [2.75, 3.05) is 13.2 Å². The molecule has 0 bridgehead atoms. The summed E-state index contributed by atoms with van der Waals surface area (Å²) < 4.78 is 13.0. The fourth-order valence-corrected chi connectivity index (χ4v) is 1.09. The molecule has 1 heterocycles. The fraction of sp³-hybridized carbons (Fsp3) is 0.400. The smallest absolute Gasteiger partial charge is 0.255 e. The van der Waals surface area contributed by atoms with Crippen molar-refractivity contribution in [2.45, 2.75) is 12.8 Å². The van der Waals surface area contributed by atoms with Crippen molar-refractivity contribution in [3.05, 3.63) is 29.8 Å². The Morgan fingerprint density at radius 1 is 1.53 bits per heavy atom. The van der Waals surface area contributed by atoms with Crippen LogP contribution in [0.1, 0.15) is 23.2 Å². The predicted molar refractivity (Wildman–Crippen MR) is 52.8 cm³/mol. The Bertz CT molecular complexity index is 331. The fourth-order valence-electron chi connectivity index (χ4n) is 1.09. The van der Waals surface area contributed by atoms with Gasteiger partial charge >= 0.3 is 0 Å². The number of carbonyl (C=O) groups is 1. The van der Waals surface area contributed by atoms with Gasteiger partial charge in [-0.1, -0.05) is 0 Å². The molecule has 15 heavy (non-hydrogen) atoms. The first-order valence-electron chi connectivity index (χ1n) is 4.75. The second kappa shape index (κ2) is 6.08. The van der Waals surface area contributed by atoms with E-state index >= 15 is 0 Å². The summed E-state index contributed by atoms with van der Waals surface area (Å²) in [7, 11) is 0. The van der Waals surface area contributed by atoms with Gasteiger partial charge in [0.2, 0.25) is 5.95 Å². The van der Waals surface area contributed by atoms with E-state index in [-0.39, 0.29) is 12.2 Å². The van der Waals surface area contributed by atoms with Gasteiger partial charge in [-0.25, -0.2) is 4.98 Å². The minimum Gasteiger partial charge on any atom is -0.396 e. The number of hydrogen-bond acceptors (Lipinski definition) is 3. The molecule has 0 aliphatic carbocycles. The van der Waals surface area contributed by atoms with Crippen molar-refractivity contribution in [1.29, 1.82) is 0 Å². The van der Waals surface area contributed by atoms with Crippen molar-refractivity contribution >= 4 is 5.91 Å². The van der Waals surface area contributed by atoms with Crippen LogP contribution in [-0.2, 0) is 0 Å².